The molecule has 3 aliphatic carbocycles. The van der Waals surface area contributed by atoms with Crippen LogP contribution in [0.5, 0.6) is 0 Å². The van der Waals surface area contributed by atoms with E-state index in [1.54, 1.807) is 13.8 Å². The standard InChI is InChI=1S/C22H40N2O3S/c1-16(2)28(26,27)24-19-14-12-18(13-15-19)22(25)23-21-11-7-6-10-20(21)17-8-4-3-5-9-17/h16-21,24H,3-15H2,1-2H3,(H,23,25). The van der Waals surface area contributed by atoms with Crippen LogP contribution in [0.25, 0.3) is 0 Å². The molecule has 6 heteroatoms. The maximum absolute atomic E-state index is 12.9. The van der Waals surface area contributed by atoms with Gasteiger partial charge in [0.1, 0.15) is 0 Å². The molecule has 1 amide bonds. The fourth-order valence-corrected chi connectivity index (χ4v) is 6.58. The molecular formula is C22H40N2O3S. The third-order valence-corrected chi connectivity index (χ3v) is 9.35. The van der Waals surface area contributed by atoms with Crippen molar-refractivity contribution in [1.29, 1.82) is 0 Å². The number of hydrogen-bond donors (Lipinski definition) is 2. The van der Waals surface area contributed by atoms with Crippen LogP contribution < -0.4 is 10.0 Å². The van der Waals surface area contributed by atoms with Crippen LogP contribution in [-0.4, -0.2) is 31.7 Å². The van der Waals surface area contributed by atoms with E-state index < -0.39 is 15.3 Å². The second kappa shape index (κ2) is 9.92. The first-order valence-electron chi connectivity index (χ1n) is 11.7. The molecule has 2 unspecified atom stereocenters. The number of amides is 1. The van der Waals surface area contributed by atoms with Gasteiger partial charge in [-0.2, -0.15) is 0 Å². The van der Waals surface area contributed by atoms with Crippen LogP contribution in [-0.2, 0) is 14.8 Å². The van der Waals surface area contributed by atoms with Gasteiger partial charge in [-0.15, -0.1) is 0 Å². The molecule has 0 aromatic carbocycles. The minimum Gasteiger partial charge on any atom is -0.353 e. The Morgan fingerprint density at radius 2 is 1.43 bits per heavy atom. The number of carbonyl (C=O) groups is 1. The highest BCUT2D eigenvalue weighted by molar-refractivity contribution is 7.90. The van der Waals surface area contributed by atoms with Crippen molar-refractivity contribution in [3.05, 3.63) is 0 Å². The summed E-state index contributed by atoms with van der Waals surface area (Å²) in [6.45, 7) is 3.41. The molecule has 3 saturated carbocycles. The summed E-state index contributed by atoms with van der Waals surface area (Å²) in [6, 6.07) is 0.350. The first-order chi connectivity index (χ1) is 13.4. The zero-order chi connectivity index (χ0) is 20.1. The van der Waals surface area contributed by atoms with E-state index in [-0.39, 0.29) is 17.9 Å². The van der Waals surface area contributed by atoms with E-state index in [1.807, 2.05) is 0 Å². The van der Waals surface area contributed by atoms with Crippen molar-refractivity contribution in [3.8, 4) is 0 Å². The summed E-state index contributed by atoms with van der Waals surface area (Å²) < 4.78 is 27.0. The quantitative estimate of drug-likeness (QED) is 0.689. The maximum atomic E-state index is 12.9. The topological polar surface area (TPSA) is 75.3 Å². The lowest BCUT2D eigenvalue weighted by Gasteiger charge is -2.40. The van der Waals surface area contributed by atoms with Gasteiger partial charge < -0.3 is 5.32 Å². The van der Waals surface area contributed by atoms with E-state index in [4.69, 9.17) is 0 Å². The van der Waals surface area contributed by atoms with Crippen molar-refractivity contribution < 1.29 is 13.2 Å². The van der Waals surface area contributed by atoms with E-state index in [2.05, 4.69) is 10.0 Å². The molecule has 0 aromatic heterocycles. The molecule has 0 radical (unpaired) electrons. The van der Waals surface area contributed by atoms with Crippen molar-refractivity contribution >= 4 is 15.9 Å². The number of nitrogens with one attached hydrogen (secondary N) is 2. The number of carbonyl (C=O) groups excluding carboxylic acids is 1. The van der Waals surface area contributed by atoms with E-state index in [0.717, 1.165) is 38.0 Å². The number of sulfonamides is 1. The van der Waals surface area contributed by atoms with Crippen LogP contribution in [0.3, 0.4) is 0 Å². The van der Waals surface area contributed by atoms with Crippen molar-refractivity contribution in [2.45, 2.75) is 115 Å². The normalized spacial score (nSPS) is 33.0. The lowest BCUT2D eigenvalue weighted by molar-refractivity contribution is -0.127. The predicted molar refractivity (Wildman–Crippen MR) is 113 cm³/mol. The van der Waals surface area contributed by atoms with Gasteiger partial charge >= 0.3 is 0 Å². The Hall–Kier alpha value is -0.620. The van der Waals surface area contributed by atoms with Crippen LogP contribution in [0.1, 0.15) is 97.3 Å². The Kier molecular flexibility index (Phi) is 7.82. The first kappa shape index (κ1) is 22.1. The SMILES string of the molecule is CC(C)S(=O)(=O)NC1CCC(C(=O)NC2CCCCC2C2CCCCC2)CC1. The third-order valence-electron chi connectivity index (χ3n) is 7.45. The molecule has 28 heavy (non-hydrogen) atoms. The number of rotatable bonds is 6. The Balaban J connectivity index is 1.49. The molecule has 3 fully saturated rings. The molecule has 0 saturated heterocycles. The van der Waals surface area contributed by atoms with Crippen LogP contribution in [0.4, 0.5) is 0 Å². The fraction of sp³-hybridized carbons (Fsp3) is 0.955. The molecule has 0 heterocycles. The van der Waals surface area contributed by atoms with Gasteiger partial charge in [-0.3, -0.25) is 4.79 Å². The van der Waals surface area contributed by atoms with Crippen molar-refractivity contribution in [2.75, 3.05) is 0 Å². The summed E-state index contributed by atoms with van der Waals surface area (Å²) in [6.07, 6.45) is 14.9. The molecule has 3 rings (SSSR count). The highest BCUT2D eigenvalue weighted by Crippen LogP contribution is 2.38. The Bertz CT molecular complexity index is 605. The van der Waals surface area contributed by atoms with Gasteiger partial charge in [0.25, 0.3) is 0 Å². The van der Waals surface area contributed by atoms with E-state index >= 15 is 0 Å². The van der Waals surface area contributed by atoms with Crippen LogP contribution >= 0.6 is 0 Å². The second-order valence-corrected chi connectivity index (χ2v) is 12.0. The second-order valence-electron chi connectivity index (χ2n) is 9.72. The van der Waals surface area contributed by atoms with Crippen molar-refractivity contribution in [3.63, 3.8) is 0 Å². The molecule has 0 spiro atoms. The summed E-state index contributed by atoms with van der Waals surface area (Å²) in [5.41, 5.74) is 0. The summed E-state index contributed by atoms with van der Waals surface area (Å²) in [7, 11) is -3.23. The average Bonchev–Trinajstić information content (AvgIpc) is 2.69. The number of hydrogen-bond acceptors (Lipinski definition) is 3. The Labute approximate surface area is 171 Å². The van der Waals surface area contributed by atoms with Gasteiger partial charge in [-0.1, -0.05) is 44.9 Å². The molecule has 0 bridgehead atoms. The Morgan fingerprint density at radius 1 is 0.821 bits per heavy atom. The molecular weight excluding hydrogens is 372 g/mol. The molecule has 2 N–H and O–H groups in total. The molecule has 0 aliphatic heterocycles. The Morgan fingerprint density at radius 3 is 2.07 bits per heavy atom. The van der Waals surface area contributed by atoms with E-state index in [1.165, 1.54) is 51.4 Å². The summed E-state index contributed by atoms with van der Waals surface area (Å²) >= 11 is 0. The molecule has 3 aliphatic rings. The van der Waals surface area contributed by atoms with Gasteiger partial charge in [-0.25, -0.2) is 13.1 Å². The van der Waals surface area contributed by atoms with Gasteiger partial charge in [0.15, 0.2) is 0 Å². The summed E-state index contributed by atoms with van der Waals surface area (Å²) in [4.78, 5) is 12.9. The van der Waals surface area contributed by atoms with Crippen molar-refractivity contribution in [1.82, 2.24) is 10.0 Å². The van der Waals surface area contributed by atoms with Gasteiger partial charge in [0.2, 0.25) is 15.9 Å². The van der Waals surface area contributed by atoms with Crippen LogP contribution in [0, 0.1) is 17.8 Å². The molecule has 5 nitrogen and oxygen atoms in total. The van der Waals surface area contributed by atoms with Crippen LogP contribution in [0.2, 0.25) is 0 Å². The monoisotopic (exact) mass is 412 g/mol. The maximum Gasteiger partial charge on any atom is 0.223 e. The largest absolute Gasteiger partial charge is 0.353 e. The van der Waals surface area contributed by atoms with Crippen molar-refractivity contribution in [2.24, 2.45) is 17.8 Å². The summed E-state index contributed by atoms with van der Waals surface area (Å²) in [5, 5.41) is 3.03. The lowest BCUT2D eigenvalue weighted by atomic mass is 9.70. The van der Waals surface area contributed by atoms with Gasteiger partial charge in [-0.05, 0) is 64.2 Å². The molecule has 2 atom stereocenters. The van der Waals surface area contributed by atoms with E-state index in [9.17, 15) is 13.2 Å². The minimum absolute atomic E-state index is 0.0129. The fourth-order valence-electron chi connectivity index (χ4n) is 5.61. The highest BCUT2D eigenvalue weighted by Gasteiger charge is 2.35. The van der Waals surface area contributed by atoms with E-state index in [0.29, 0.717) is 12.0 Å². The minimum atomic E-state index is -3.23. The highest BCUT2D eigenvalue weighted by atomic mass is 32.2. The smallest absolute Gasteiger partial charge is 0.223 e. The predicted octanol–water partition coefficient (Wildman–Crippen LogP) is 4.13. The van der Waals surface area contributed by atoms with Gasteiger partial charge in [0, 0.05) is 18.0 Å². The summed E-state index contributed by atoms with van der Waals surface area (Å²) in [5.74, 6) is 1.75. The molecule has 162 valence electrons. The zero-order valence-corrected chi connectivity index (χ0v) is 18.6. The van der Waals surface area contributed by atoms with Gasteiger partial charge in [0.05, 0.1) is 5.25 Å². The van der Waals surface area contributed by atoms with Crippen LogP contribution in [0.15, 0.2) is 0 Å². The first-order valence-corrected chi connectivity index (χ1v) is 13.2. The lowest BCUT2D eigenvalue weighted by Crippen LogP contribution is -2.48. The zero-order valence-electron chi connectivity index (χ0n) is 17.8. The third kappa shape index (κ3) is 5.71. The molecule has 0 aromatic rings. The average molecular weight is 413 g/mol.